The zero-order valence-electron chi connectivity index (χ0n) is 13.4. The van der Waals surface area contributed by atoms with Crippen molar-refractivity contribution in [2.24, 2.45) is 11.7 Å². The van der Waals surface area contributed by atoms with Crippen molar-refractivity contribution in [2.45, 2.75) is 25.7 Å². The molecule has 0 spiro atoms. The molecule has 2 rings (SSSR count). The van der Waals surface area contributed by atoms with Gasteiger partial charge in [-0.05, 0) is 31.4 Å². The highest BCUT2D eigenvalue weighted by molar-refractivity contribution is 7.99. The van der Waals surface area contributed by atoms with Gasteiger partial charge >= 0.3 is 0 Å². The second kappa shape index (κ2) is 9.67. The van der Waals surface area contributed by atoms with Crippen LogP contribution < -0.4 is 5.73 Å². The summed E-state index contributed by atoms with van der Waals surface area (Å²) in [6.07, 6.45) is 6.82. The predicted molar refractivity (Wildman–Crippen MR) is 93.5 cm³/mol. The summed E-state index contributed by atoms with van der Waals surface area (Å²) in [7, 11) is 0. The molecule has 1 aliphatic heterocycles. The van der Waals surface area contributed by atoms with Crippen LogP contribution >= 0.6 is 11.8 Å². The summed E-state index contributed by atoms with van der Waals surface area (Å²) in [5, 5.41) is 0. The van der Waals surface area contributed by atoms with Gasteiger partial charge in [0.15, 0.2) is 5.78 Å². The van der Waals surface area contributed by atoms with Crippen LogP contribution in [0.5, 0.6) is 0 Å². The van der Waals surface area contributed by atoms with Crippen LogP contribution in [-0.2, 0) is 4.79 Å². The normalized spacial score (nSPS) is 16.1. The molecule has 1 atom stereocenters. The first-order valence-electron chi connectivity index (χ1n) is 8.22. The maximum Gasteiger partial charge on any atom is 0.223 e. The van der Waals surface area contributed by atoms with Crippen LogP contribution in [0.25, 0.3) is 0 Å². The Hall–Kier alpha value is -1.40. The number of carbonyl (C=O) groups is 2. The molecule has 0 radical (unpaired) electrons. The van der Waals surface area contributed by atoms with E-state index in [0.29, 0.717) is 17.9 Å². The van der Waals surface area contributed by atoms with Gasteiger partial charge < -0.3 is 10.6 Å². The van der Waals surface area contributed by atoms with E-state index in [9.17, 15) is 9.59 Å². The lowest BCUT2D eigenvalue weighted by molar-refractivity contribution is -0.132. The molecule has 2 heterocycles. The molecule has 0 aromatic carbocycles. The van der Waals surface area contributed by atoms with Gasteiger partial charge in [0, 0.05) is 61.4 Å². The number of hydrogen-bond acceptors (Lipinski definition) is 5. The summed E-state index contributed by atoms with van der Waals surface area (Å²) in [5.41, 5.74) is 6.11. The average Bonchev–Trinajstić information content (AvgIpc) is 2.62. The minimum absolute atomic E-state index is 0.00739. The van der Waals surface area contributed by atoms with E-state index in [2.05, 4.69) is 4.98 Å². The van der Waals surface area contributed by atoms with Crippen molar-refractivity contribution in [3.05, 3.63) is 30.1 Å². The third-order valence-electron chi connectivity index (χ3n) is 4.03. The average molecular weight is 335 g/mol. The SMILES string of the molecule is NCCSCC(CC(=O)N1CCCCC1)C(=O)c1cccnc1. The summed E-state index contributed by atoms with van der Waals surface area (Å²) in [5.74, 6) is 1.23. The van der Waals surface area contributed by atoms with Gasteiger partial charge in [-0.2, -0.15) is 11.8 Å². The number of carbonyl (C=O) groups excluding carboxylic acids is 2. The lowest BCUT2D eigenvalue weighted by atomic mass is 9.96. The number of pyridine rings is 1. The molecule has 1 fully saturated rings. The van der Waals surface area contributed by atoms with Gasteiger partial charge in [-0.3, -0.25) is 14.6 Å². The molecule has 1 saturated heterocycles. The van der Waals surface area contributed by atoms with Gasteiger partial charge in [0.1, 0.15) is 0 Å². The number of thioether (sulfide) groups is 1. The first-order chi connectivity index (χ1) is 11.2. The molecule has 0 saturated carbocycles. The maximum absolute atomic E-state index is 12.7. The fraction of sp³-hybridized carbons (Fsp3) is 0.588. The van der Waals surface area contributed by atoms with E-state index in [4.69, 9.17) is 5.73 Å². The number of amides is 1. The summed E-state index contributed by atoms with van der Waals surface area (Å²) < 4.78 is 0. The molecule has 1 aromatic heterocycles. The first-order valence-corrected chi connectivity index (χ1v) is 9.37. The second-order valence-corrected chi connectivity index (χ2v) is 6.96. The van der Waals surface area contributed by atoms with Crippen molar-refractivity contribution in [3.63, 3.8) is 0 Å². The van der Waals surface area contributed by atoms with Crippen molar-refractivity contribution in [1.29, 1.82) is 0 Å². The van der Waals surface area contributed by atoms with E-state index in [1.807, 2.05) is 4.90 Å². The Morgan fingerprint density at radius 1 is 1.30 bits per heavy atom. The van der Waals surface area contributed by atoms with E-state index in [-0.39, 0.29) is 24.0 Å². The van der Waals surface area contributed by atoms with Crippen molar-refractivity contribution in [2.75, 3.05) is 31.1 Å². The van der Waals surface area contributed by atoms with Crippen molar-refractivity contribution >= 4 is 23.5 Å². The zero-order valence-corrected chi connectivity index (χ0v) is 14.3. The van der Waals surface area contributed by atoms with Crippen LogP contribution in [0.2, 0.25) is 0 Å². The molecule has 0 aliphatic carbocycles. The minimum Gasteiger partial charge on any atom is -0.343 e. The molecule has 5 nitrogen and oxygen atoms in total. The number of nitrogens with zero attached hydrogens (tertiary/aromatic N) is 2. The molecule has 6 heteroatoms. The number of hydrogen-bond donors (Lipinski definition) is 1. The quantitative estimate of drug-likeness (QED) is 0.581. The fourth-order valence-corrected chi connectivity index (χ4v) is 3.65. The van der Waals surface area contributed by atoms with Gasteiger partial charge in [0.2, 0.25) is 5.91 Å². The van der Waals surface area contributed by atoms with Crippen LogP contribution in [0.1, 0.15) is 36.0 Å². The molecular weight excluding hydrogens is 310 g/mol. The Morgan fingerprint density at radius 3 is 2.74 bits per heavy atom. The van der Waals surface area contributed by atoms with E-state index in [1.54, 1.807) is 36.3 Å². The largest absolute Gasteiger partial charge is 0.343 e. The standard InChI is InChI=1S/C17H25N3O2S/c18-6-10-23-13-15(17(22)14-5-4-7-19-12-14)11-16(21)20-8-2-1-3-9-20/h4-5,7,12,15H,1-3,6,8-11,13,18H2. The summed E-state index contributed by atoms with van der Waals surface area (Å²) >= 11 is 1.64. The van der Waals surface area contributed by atoms with Gasteiger partial charge in [-0.25, -0.2) is 0 Å². The van der Waals surface area contributed by atoms with Crippen molar-refractivity contribution in [1.82, 2.24) is 9.88 Å². The number of likely N-dealkylation sites (tertiary alicyclic amines) is 1. The summed E-state index contributed by atoms with van der Waals surface area (Å²) in [6.45, 7) is 2.23. The number of rotatable bonds is 8. The summed E-state index contributed by atoms with van der Waals surface area (Å²) in [4.78, 5) is 31.1. The number of aromatic nitrogens is 1. The number of Topliss-reactive ketones (excluding diaryl/α,β-unsaturated/α-hetero) is 1. The van der Waals surface area contributed by atoms with Gasteiger partial charge in [0.25, 0.3) is 0 Å². The third-order valence-corrected chi connectivity index (χ3v) is 5.19. The monoisotopic (exact) mass is 335 g/mol. The van der Waals surface area contributed by atoms with Crippen molar-refractivity contribution in [3.8, 4) is 0 Å². The van der Waals surface area contributed by atoms with Crippen molar-refractivity contribution < 1.29 is 9.59 Å². The molecule has 1 aromatic rings. The zero-order chi connectivity index (χ0) is 16.5. The van der Waals surface area contributed by atoms with E-state index in [1.165, 1.54) is 6.42 Å². The molecular formula is C17H25N3O2S. The number of nitrogens with two attached hydrogens (primary N) is 1. The van der Waals surface area contributed by atoms with Crippen LogP contribution in [0.15, 0.2) is 24.5 Å². The molecule has 0 bridgehead atoms. The predicted octanol–water partition coefficient (Wildman–Crippen LogP) is 1.97. The molecule has 2 N–H and O–H groups in total. The molecule has 23 heavy (non-hydrogen) atoms. The van der Waals surface area contributed by atoms with Crippen LogP contribution in [0.4, 0.5) is 0 Å². The second-order valence-electron chi connectivity index (χ2n) is 5.81. The third kappa shape index (κ3) is 5.62. The lowest BCUT2D eigenvalue weighted by Gasteiger charge is -2.28. The topological polar surface area (TPSA) is 76.3 Å². The van der Waals surface area contributed by atoms with Crippen LogP contribution in [0, 0.1) is 5.92 Å². The highest BCUT2D eigenvalue weighted by Gasteiger charge is 2.26. The smallest absolute Gasteiger partial charge is 0.223 e. The molecule has 1 aliphatic rings. The Bertz CT molecular complexity index is 504. The van der Waals surface area contributed by atoms with E-state index >= 15 is 0 Å². The number of piperidine rings is 1. The lowest BCUT2D eigenvalue weighted by Crippen LogP contribution is -2.38. The summed E-state index contributed by atoms with van der Waals surface area (Å²) in [6, 6.07) is 3.52. The fourth-order valence-electron chi connectivity index (χ4n) is 2.76. The maximum atomic E-state index is 12.7. The van der Waals surface area contributed by atoms with Gasteiger partial charge in [-0.1, -0.05) is 0 Å². The molecule has 126 valence electrons. The highest BCUT2D eigenvalue weighted by Crippen LogP contribution is 2.20. The molecule has 1 unspecified atom stereocenters. The Balaban J connectivity index is 2.00. The number of ketones is 1. The van der Waals surface area contributed by atoms with Crippen LogP contribution in [-0.4, -0.2) is 52.7 Å². The first kappa shape index (κ1) is 17.9. The Morgan fingerprint density at radius 2 is 2.09 bits per heavy atom. The van der Waals surface area contributed by atoms with E-state index < -0.39 is 0 Å². The Kier molecular flexibility index (Phi) is 7.55. The highest BCUT2D eigenvalue weighted by atomic mass is 32.2. The van der Waals surface area contributed by atoms with E-state index in [0.717, 1.165) is 31.7 Å². The van der Waals surface area contributed by atoms with Gasteiger partial charge in [-0.15, -0.1) is 0 Å². The van der Waals surface area contributed by atoms with Gasteiger partial charge in [0.05, 0.1) is 0 Å². The minimum atomic E-state index is -0.301. The Labute approximate surface area is 142 Å². The molecule has 1 amide bonds. The van der Waals surface area contributed by atoms with Crippen LogP contribution in [0.3, 0.4) is 0 Å².